The Morgan fingerprint density at radius 2 is 1.63 bits per heavy atom. The Balaban J connectivity index is 0.842. The van der Waals surface area contributed by atoms with Crippen molar-refractivity contribution >= 4 is 84.5 Å². The normalized spacial score (nSPS) is 15.1. The van der Waals surface area contributed by atoms with Crippen LogP contribution in [-0.2, 0) is 49.8 Å². The number of ether oxygens (including phenoxy) is 3. The molecule has 9 rings (SSSR count). The van der Waals surface area contributed by atoms with Crippen molar-refractivity contribution in [2.75, 3.05) is 38.9 Å². The number of benzene rings is 2. The number of hydrogen-bond donors (Lipinski definition) is 2. The number of carbonyl (C=O) groups excluding carboxylic acids is 4. The van der Waals surface area contributed by atoms with E-state index in [1.54, 1.807) is 80.4 Å². The van der Waals surface area contributed by atoms with Crippen LogP contribution in [0.2, 0.25) is 5.02 Å². The summed E-state index contributed by atoms with van der Waals surface area (Å²) in [7, 11) is -2.58. The van der Waals surface area contributed by atoms with Gasteiger partial charge in [0.05, 0.1) is 57.9 Å². The number of pyridine rings is 2. The van der Waals surface area contributed by atoms with Gasteiger partial charge in [-0.3, -0.25) is 33.7 Å². The average Bonchev–Trinajstić information content (AvgIpc) is 4.10. The number of aromatic nitrogens is 6. The molecule has 2 aliphatic heterocycles. The number of nitrogens with one attached hydrogen (secondary N) is 2. The number of esters is 2. The van der Waals surface area contributed by atoms with E-state index in [1.807, 2.05) is 35.8 Å². The van der Waals surface area contributed by atoms with Crippen LogP contribution in [0.3, 0.4) is 0 Å². The lowest BCUT2D eigenvalue weighted by Crippen LogP contribution is -2.40. The molecule has 2 N–H and O–H groups in total. The van der Waals surface area contributed by atoms with Crippen molar-refractivity contribution < 1.29 is 41.8 Å². The van der Waals surface area contributed by atoms with E-state index >= 15 is 0 Å². The lowest BCUT2D eigenvalue weighted by Gasteiger charge is -2.31. The summed E-state index contributed by atoms with van der Waals surface area (Å²) in [5.74, 6) is -0.236. The highest BCUT2D eigenvalue weighted by Gasteiger charge is 2.35. The van der Waals surface area contributed by atoms with E-state index in [2.05, 4.69) is 39.8 Å². The second-order valence-corrected chi connectivity index (χ2v) is 24.5. The monoisotopic (exact) mass is 1130 g/mol. The van der Waals surface area contributed by atoms with E-state index < -0.39 is 40.2 Å². The largest absolute Gasteiger partial charge is 0.428 e. The fraction of sp³-hybridized carbons (Fsp3) is 0.421. The van der Waals surface area contributed by atoms with E-state index in [-0.39, 0.29) is 55.2 Å². The summed E-state index contributed by atoms with van der Waals surface area (Å²) in [5, 5.41) is 21.6. The first kappa shape index (κ1) is 56.8. The summed E-state index contributed by atoms with van der Waals surface area (Å²) >= 11 is 7.93. The zero-order chi connectivity index (χ0) is 56.2. The number of halogens is 1. The second-order valence-electron chi connectivity index (χ2n) is 21.0. The van der Waals surface area contributed by atoms with Crippen molar-refractivity contribution in [3.63, 3.8) is 0 Å². The molecule has 0 spiro atoms. The smallest absolute Gasteiger partial charge is 0.314 e. The Morgan fingerprint density at radius 1 is 0.886 bits per heavy atom. The Morgan fingerprint density at radius 3 is 2.38 bits per heavy atom. The number of nitrogens with zero attached hydrogens (tertiary/aromatic N) is 8. The zero-order valence-corrected chi connectivity index (χ0v) is 47.8. The molecule has 416 valence electrons. The summed E-state index contributed by atoms with van der Waals surface area (Å²) in [6.45, 7) is 11.6. The van der Waals surface area contributed by atoms with Crippen LogP contribution < -0.4 is 10.6 Å². The number of sulfonamides is 1. The predicted octanol–water partition coefficient (Wildman–Crippen LogP) is 9.58. The standard InChI is InChI=1S/C57H65ClN10O9S2/c1-34-35(2)78-55-50(34)52(37-16-18-40(58)19-17-37)63-44(54-65-64-36(3)68(54)55)31-48(70)59-23-12-10-8-9-11-15-47(69)62-43-30-46(79(73,74)66-25-21-41(75-7)22-26-66)51(53-42(43)14-13-24-60-53)38-20-27-67-45(28-38)39(32-61-67)29-49(71)76-33-77-56(72)57(4,5)6/h13-14,16-20,24,27-28,30,32,41,44H,8-12,15,21-23,25-26,29,31,33H2,1-7H3,(H,59,70)(H,62,69)/t44-/m0/s1. The van der Waals surface area contributed by atoms with Crippen molar-refractivity contribution in [2.45, 2.75) is 123 Å². The summed E-state index contributed by atoms with van der Waals surface area (Å²) in [5.41, 5.74) is 5.54. The Labute approximate surface area is 468 Å². The Bertz CT molecular complexity index is 3580. The highest BCUT2D eigenvalue weighted by molar-refractivity contribution is 7.89. The molecule has 0 bridgehead atoms. The van der Waals surface area contributed by atoms with E-state index in [9.17, 15) is 27.6 Å². The van der Waals surface area contributed by atoms with Gasteiger partial charge in [-0.1, -0.05) is 43.0 Å². The van der Waals surface area contributed by atoms with Crippen molar-refractivity contribution in [3.05, 3.63) is 117 Å². The molecule has 1 atom stereocenters. The molecule has 2 aromatic carbocycles. The van der Waals surface area contributed by atoms with Gasteiger partial charge in [-0.15, -0.1) is 21.5 Å². The van der Waals surface area contributed by atoms with Crippen LogP contribution in [0, 0.1) is 26.2 Å². The molecule has 19 nitrogen and oxygen atoms in total. The maximum Gasteiger partial charge on any atom is 0.314 e. The van der Waals surface area contributed by atoms with Gasteiger partial charge in [0, 0.05) is 83.1 Å². The van der Waals surface area contributed by atoms with Crippen LogP contribution >= 0.6 is 22.9 Å². The minimum atomic E-state index is -4.19. The highest BCUT2D eigenvalue weighted by atomic mass is 35.5. The van der Waals surface area contributed by atoms with Gasteiger partial charge in [0.1, 0.15) is 16.9 Å². The lowest BCUT2D eigenvalue weighted by molar-refractivity contribution is -0.172. The first-order valence-electron chi connectivity index (χ1n) is 26.5. The van der Waals surface area contributed by atoms with E-state index in [0.717, 1.165) is 63.8 Å². The fourth-order valence-electron chi connectivity index (χ4n) is 9.91. The van der Waals surface area contributed by atoms with Crippen LogP contribution in [0.5, 0.6) is 0 Å². The SMILES string of the molecule is COC1CCN(S(=O)(=O)c2cc(NC(=O)CCCCCCCNC(=O)C[C@@H]3N=C(c4ccc(Cl)cc4)c4c(sc(C)c4C)-n4c(C)nnc43)c3cccnc3c2-c2ccn3ncc(CC(=O)OCOC(=O)C(C)(C)C)c3c2)CC1. The van der Waals surface area contributed by atoms with Gasteiger partial charge in [-0.05, 0) is 121 Å². The third kappa shape index (κ3) is 12.6. The van der Waals surface area contributed by atoms with Crippen molar-refractivity contribution in [3.8, 4) is 16.1 Å². The molecule has 22 heteroatoms. The third-order valence-corrected chi connectivity index (χ3v) is 17.7. The molecule has 7 heterocycles. The quantitative estimate of drug-likeness (QED) is 0.0412. The molecule has 0 aliphatic carbocycles. The number of piperidine rings is 1. The number of thiophene rings is 1. The summed E-state index contributed by atoms with van der Waals surface area (Å²) < 4.78 is 50.8. The predicted molar refractivity (Wildman–Crippen MR) is 302 cm³/mol. The maximum absolute atomic E-state index is 14.9. The molecule has 5 aromatic heterocycles. The number of anilines is 1. The van der Waals surface area contributed by atoms with Crippen LogP contribution in [-0.4, -0.2) is 111 Å². The first-order chi connectivity index (χ1) is 37.8. The van der Waals surface area contributed by atoms with Crippen molar-refractivity contribution in [1.29, 1.82) is 0 Å². The first-order valence-corrected chi connectivity index (χ1v) is 29.1. The van der Waals surface area contributed by atoms with Crippen molar-refractivity contribution in [1.82, 2.24) is 39.0 Å². The summed E-state index contributed by atoms with van der Waals surface area (Å²) in [4.78, 5) is 63.5. The summed E-state index contributed by atoms with van der Waals surface area (Å²) in [6, 6.07) is 15.6. The molecular weight excluding hydrogens is 1070 g/mol. The van der Waals surface area contributed by atoms with Crippen LogP contribution in [0.4, 0.5) is 5.69 Å². The minimum Gasteiger partial charge on any atom is -0.428 e. The van der Waals surface area contributed by atoms with Crippen LogP contribution in [0.1, 0.15) is 123 Å². The molecule has 7 aromatic rings. The molecule has 2 amide bonds. The number of unbranched alkanes of at least 4 members (excludes halogenated alkanes) is 4. The molecular formula is C57H65ClN10O9S2. The fourth-order valence-corrected chi connectivity index (χ4v) is 13.0. The highest BCUT2D eigenvalue weighted by Crippen LogP contribution is 2.42. The second kappa shape index (κ2) is 24.2. The molecule has 0 unspecified atom stereocenters. The number of carbonyl (C=O) groups is 4. The van der Waals surface area contributed by atoms with Gasteiger partial charge in [0.15, 0.2) is 5.82 Å². The van der Waals surface area contributed by atoms with Gasteiger partial charge in [-0.2, -0.15) is 9.40 Å². The van der Waals surface area contributed by atoms with Gasteiger partial charge in [0.25, 0.3) is 0 Å². The number of aliphatic imine (C=N–C) groups is 1. The Kier molecular flexibility index (Phi) is 17.4. The lowest BCUT2D eigenvalue weighted by atomic mass is 9.98. The Hall–Kier alpha value is -6.91. The van der Waals surface area contributed by atoms with E-state index in [4.69, 9.17) is 35.8 Å². The zero-order valence-electron chi connectivity index (χ0n) is 45.4. The number of rotatable bonds is 20. The topological polar surface area (TPSA) is 231 Å². The molecule has 0 radical (unpaired) electrons. The third-order valence-electron chi connectivity index (χ3n) is 14.4. The van der Waals surface area contributed by atoms with Gasteiger partial charge in [-0.25, -0.2) is 12.9 Å². The molecule has 79 heavy (non-hydrogen) atoms. The van der Waals surface area contributed by atoms with Crippen molar-refractivity contribution in [2.24, 2.45) is 10.4 Å². The van der Waals surface area contributed by atoms with Crippen LogP contribution in [0.25, 0.3) is 32.5 Å². The van der Waals surface area contributed by atoms with Gasteiger partial charge >= 0.3 is 11.9 Å². The number of amides is 2. The van der Waals surface area contributed by atoms with E-state index in [0.29, 0.717) is 75.5 Å². The summed E-state index contributed by atoms with van der Waals surface area (Å²) in [6.07, 6.45) is 9.60. The number of hydrogen-bond acceptors (Lipinski definition) is 15. The molecule has 1 fully saturated rings. The molecule has 2 aliphatic rings. The number of aryl methyl sites for hydroxylation is 2. The number of fused-ring (bicyclic) bond motifs is 5. The van der Waals surface area contributed by atoms with Gasteiger partial charge in [0.2, 0.25) is 28.6 Å². The molecule has 0 saturated carbocycles. The van der Waals surface area contributed by atoms with E-state index in [1.165, 1.54) is 16.6 Å². The maximum atomic E-state index is 14.9. The molecule has 1 saturated heterocycles. The average molecular weight is 1130 g/mol. The van der Waals surface area contributed by atoms with Gasteiger partial charge < -0.3 is 24.8 Å². The number of methoxy groups -OCH3 is 1. The van der Waals surface area contributed by atoms with Crippen LogP contribution in [0.15, 0.2) is 83.1 Å². The minimum absolute atomic E-state index is 0.0347.